The van der Waals surface area contributed by atoms with Crippen molar-refractivity contribution in [1.29, 1.82) is 0 Å². The maximum absolute atomic E-state index is 13.3. The fourth-order valence-corrected chi connectivity index (χ4v) is 3.04. The average Bonchev–Trinajstić information content (AvgIpc) is 2.91. The zero-order chi connectivity index (χ0) is 14.7. The average molecular weight is 290 g/mol. The van der Waals surface area contributed by atoms with E-state index in [0.717, 1.165) is 43.0 Å². The predicted molar refractivity (Wildman–Crippen MR) is 84.2 cm³/mol. The molecule has 114 valence electrons. The molecule has 2 heterocycles. The molecule has 4 nitrogen and oxygen atoms in total. The standard InChI is InChI=1S/C16H23FN4/c1-2-8-18-11-13-5-3-4-9-21(13)16-19-14-7-6-12(17)10-15(14)20-16/h6-7,10,13,18H,2-5,8-9,11H2,1H3,(H,19,20). The van der Waals surface area contributed by atoms with Gasteiger partial charge in [-0.1, -0.05) is 6.92 Å². The van der Waals surface area contributed by atoms with Crippen molar-refractivity contribution < 1.29 is 4.39 Å². The largest absolute Gasteiger partial charge is 0.338 e. The molecule has 21 heavy (non-hydrogen) atoms. The van der Waals surface area contributed by atoms with E-state index < -0.39 is 0 Å². The lowest BCUT2D eigenvalue weighted by atomic mass is 10.0. The summed E-state index contributed by atoms with van der Waals surface area (Å²) in [4.78, 5) is 10.2. The van der Waals surface area contributed by atoms with Gasteiger partial charge in [0, 0.05) is 19.1 Å². The molecule has 2 aromatic rings. The van der Waals surface area contributed by atoms with Crippen LogP contribution in [0.2, 0.25) is 0 Å². The first-order valence-corrected chi connectivity index (χ1v) is 7.90. The first kappa shape index (κ1) is 14.3. The van der Waals surface area contributed by atoms with Crippen LogP contribution in [0.25, 0.3) is 11.0 Å². The number of hydrogen-bond donors (Lipinski definition) is 2. The zero-order valence-corrected chi connectivity index (χ0v) is 12.5. The molecule has 0 amide bonds. The van der Waals surface area contributed by atoms with Crippen molar-refractivity contribution >= 4 is 17.0 Å². The van der Waals surface area contributed by atoms with E-state index in [1.165, 1.54) is 31.4 Å². The van der Waals surface area contributed by atoms with E-state index >= 15 is 0 Å². The molecule has 3 rings (SSSR count). The molecular weight excluding hydrogens is 267 g/mol. The van der Waals surface area contributed by atoms with E-state index in [1.807, 2.05) is 0 Å². The second-order valence-electron chi connectivity index (χ2n) is 5.77. The van der Waals surface area contributed by atoms with Crippen LogP contribution in [0.3, 0.4) is 0 Å². The minimum Gasteiger partial charge on any atom is -0.338 e. The monoisotopic (exact) mass is 290 g/mol. The van der Waals surface area contributed by atoms with Gasteiger partial charge in [0.15, 0.2) is 0 Å². The van der Waals surface area contributed by atoms with E-state index in [4.69, 9.17) is 0 Å². The van der Waals surface area contributed by atoms with Gasteiger partial charge in [-0.05, 0) is 50.4 Å². The molecule has 0 spiro atoms. The van der Waals surface area contributed by atoms with Gasteiger partial charge in [-0.25, -0.2) is 9.37 Å². The second-order valence-corrected chi connectivity index (χ2v) is 5.77. The Kier molecular flexibility index (Phi) is 4.39. The number of aromatic amines is 1. The van der Waals surface area contributed by atoms with Gasteiger partial charge in [0.25, 0.3) is 0 Å². The fraction of sp³-hybridized carbons (Fsp3) is 0.562. The first-order chi connectivity index (χ1) is 10.3. The molecule has 1 aromatic carbocycles. The third kappa shape index (κ3) is 3.18. The third-order valence-corrected chi connectivity index (χ3v) is 4.14. The number of fused-ring (bicyclic) bond motifs is 1. The smallest absolute Gasteiger partial charge is 0.204 e. The SMILES string of the molecule is CCCNCC1CCCCN1c1nc2ccc(F)cc2[nH]1. The van der Waals surface area contributed by atoms with Crippen molar-refractivity contribution in [2.45, 2.75) is 38.6 Å². The van der Waals surface area contributed by atoms with Crippen LogP contribution in [0, 0.1) is 5.82 Å². The van der Waals surface area contributed by atoms with Gasteiger partial charge in [-0.3, -0.25) is 0 Å². The highest BCUT2D eigenvalue weighted by atomic mass is 19.1. The number of piperidine rings is 1. The summed E-state index contributed by atoms with van der Waals surface area (Å²) < 4.78 is 13.3. The Morgan fingerprint density at radius 3 is 3.19 bits per heavy atom. The van der Waals surface area contributed by atoms with Crippen molar-refractivity contribution in [3.05, 3.63) is 24.0 Å². The Morgan fingerprint density at radius 2 is 2.33 bits per heavy atom. The highest BCUT2D eigenvalue weighted by Crippen LogP contribution is 2.25. The normalized spacial score (nSPS) is 19.3. The summed E-state index contributed by atoms with van der Waals surface area (Å²) in [6.45, 7) is 5.23. The van der Waals surface area contributed by atoms with Gasteiger partial charge in [0.1, 0.15) is 5.82 Å². The molecule has 0 saturated carbocycles. The number of H-pyrrole nitrogens is 1. The summed E-state index contributed by atoms with van der Waals surface area (Å²) in [5.74, 6) is 0.649. The fourth-order valence-electron chi connectivity index (χ4n) is 3.04. The van der Waals surface area contributed by atoms with Crippen molar-refractivity contribution in [3.63, 3.8) is 0 Å². The molecule has 1 saturated heterocycles. The van der Waals surface area contributed by atoms with Crippen molar-refractivity contribution in [3.8, 4) is 0 Å². The molecule has 1 aliphatic rings. The summed E-state index contributed by atoms with van der Waals surface area (Å²) in [6.07, 6.45) is 4.79. The number of hydrogen-bond acceptors (Lipinski definition) is 3. The van der Waals surface area contributed by atoms with Crippen LogP contribution >= 0.6 is 0 Å². The van der Waals surface area contributed by atoms with Crippen LogP contribution in [0.5, 0.6) is 0 Å². The van der Waals surface area contributed by atoms with Crippen molar-refractivity contribution in [2.24, 2.45) is 0 Å². The zero-order valence-electron chi connectivity index (χ0n) is 12.5. The minimum atomic E-state index is -0.225. The highest BCUT2D eigenvalue weighted by Gasteiger charge is 2.24. The summed E-state index contributed by atoms with van der Waals surface area (Å²) in [5.41, 5.74) is 1.60. The Bertz CT molecular complexity index is 595. The van der Waals surface area contributed by atoms with Gasteiger partial charge < -0.3 is 15.2 Å². The van der Waals surface area contributed by atoms with E-state index in [0.29, 0.717) is 6.04 Å². The number of anilines is 1. The number of halogens is 1. The van der Waals surface area contributed by atoms with Crippen LogP contribution in [0.1, 0.15) is 32.6 Å². The molecule has 1 aliphatic heterocycles. The summed E-state index contributed by atoms with van der Waals surface area (Å²) >= 11 is 0. The molecule has 0 aliphatic carbocycles. The number of nitrogens with one attached hydrogen (secondary N) is 2. The van der Waals surface area contributed by atoms with E-state index in [1.54, 1.807) is 6.07 Å². The van der Waals surface area contributed by atoms with Gasteiger partial charge >= 0.3 is 0 Å². The molecule has 5 heteroatoms. The van der Waals surface area contributed by atoms with Gasteiger partial charge in [-0.15, -0.1) is 0 Å². The van der Waals surface area contributed by atoms with Crippen molar-refractivity contribution in [2.75, 3.05) is 24.5 Å². The number of aromatic nitrogens is 2. The second kappa shape index (κ2) is 6.43. The maximum Gasteiger partial charge on any atom is 0.204 e. The lowest BCUT2D eigenvalue weighted by molar-refractivity contribution is 0.431. The first-order valence-electron chi connectivity index (χ1n) is 7.90. The Hall–Kier alpha value is -1.62. The van der Waals surface area contributed by atoms with Crippen LogP contribution in [0.4, 0.5) is 10.3 Å². The number of imidazole rings is 1. The molecule has 1 aromatic heterocycles. The minimum absolute atomic E-state index is 0.225. The third-order valence-electron chi connectivity index (χ3n) is 4.14. The molecule has 1 atom stereocenters. The van der Waals surface area contributed by atoms with Gasteiger partial charge in [0.05, 0.1) is 11.0 Å². The number of rotatable bonds is 5. The topological polar surface area (TPSA) is 44.0 Å². The summed E-state index contributed by atoms with van der Waals surface area (Å²) in [6, 6.07) is 5.18. The Balaban J connectivity index is 1.80. The van der Waals surface area contributed by atoms with Crippen molar-refractivity contribution in [1.82, 2.24) is 15.3 Å². The Morgan fingerprint density at radius 1 is 1.43 bits per heavy atom. The number of nitrogens with zero attached hydrogens (tertiary/aromatic N) is 2. The Labute approximate surface area is 124 Å². The quantitative estimate of drug-likeness (QED) is 0.832. The van der Waals surface area contributed by atoms with Crippen LogP contribution in [-0.4, -0.2) is 35.6 Å². The molecule has 1 fully saturated rings. The van der Waals surface area contributed by atoms with Gasteiger partial charge in [-0.2, -0.15) is 0 Å². The van der Waals surface area contributed by atoms with E-state index in [2.05, 4.69) is 27.1 Å². The summed E-state index contributed by atoms with van der Waals surface area (Å²) in [5, 5.41) is 3.50. The molecular formula is C16H23FN4. The van der Waals surface area contributed by atoms with E-state index in [-0.39, 0.29) is 5.82 Å². The summed E-state index contributed by atoms with van der Waals surface area (Å²) in [7, 11) is 0. The van der Waals surface area contributed by atoms with Crippen LogP contribution < -0.4 is 10.2 Å². The predicted octanol–water partition coefficient (Wildman–Crippen LogP) is 3.06. The lowest BCUT2D eigenvalue weighted by Gasteiger charge is -2.35. The van der Waals surface area contributed by atoms with E-state index in [9.17, 15) is 4.39 Å². The molecule has 0 radical (unpaired) electrons. The van der Waals surface area contributed by atoms with Crippen LogP contribution in [0.15, 0.2) is 18.2 Å². The van der Waals surface area contributed by atoms with Gasteiger partial charge in [0.2, 0.25) is 5.95 Å². The number of benzene rings is 1. The highest BCUT2D eigenvalue weighted by molar-refractivity contribution is 5.77. The molecule has 1 unspecified atom stereocenters. The maximum atomic E-state index is 13.3. The van der Waals surface area contributed by atoms with Crippen LogP contribution in [-0.2, 0) is 0 Å². The molecule has 0 bridgehead atoms. The molecule has 2 N–H and O–H groups in total. The lowest BCUT2D eigenvalue weighted by Crippen LogP contribution is -2.46.